The van der Waals surface area contributed by atoms with E-state index in [-0.39, 0.29) is 0 Å². The molecule has 2 N–H and O–H groups in total. The molecule has 0 radical (unpaired) electrons. The first kappa shape index (κ1) is 15.2. The van der Waals surface area contributed by atoms with Crippen LogP contribution in [0.2, 0.25) is 0 Å². The van der Waals surface area contributed by atoms with Gasteiger partial charge in [0, 0.05) is 5.56 Å². The van der Waals surface area contributed by atoms with Crippen LogP contribution in [-0.4, -0.2) is 28.0 Å². The molecule has 0 spiro atoms. The van der Waals surface area contributed by atoms with Gasteiger partial charge < -0.3 is 10.2 Å². The van der Waals surface area contributed by atoms with E-state index in [1.807, 2.05) is 6.07 Å². The van der Waals surface area contributed by atoms with Crippen molar-refractivity contribution in [1.29, 1.82) is 0 Å². The van der Waals surface area contributed by atoms with Gasteiger partial charge in [-0.25, -0.2) is 0 Å². The topological polar surface area (TPSA) is 57.5 Å². The number of rotatable bonds is 3. The van der Waals surface area contributed by atoms with Crippen molar-refractivity contribution in [2.45, 2.75) is 12.0 Å². The van der Waals surface area contributed by atoms with Crippen LogP contribution in [0.15, 0.2) is 54.6 Å². The maximum atomic E-state index is 12.4. The fraction of sp³-hybridized carbons (Fsp3) is 0.133. The maximum absolute atomic E-state index is 12.4. The van der Waals surface area contributed by atoms with E-state index >= 15 is 0 Å². The molecule has 0 aromatic heterocycles. The molecule has 0 saturated carbocycles. The predicted octanol–water partition coefficient (Wildman–Crippen LogP) is 2.78. The normalized spacial score (nSPS) is 12.2. The van der Waals surface area contributed by atoms with Crippen LogP contribution in [0.4, 0.5) is 13.2 Å². The molecule has 2 aromatic rings. The second-order valence-electron chi connectivity index (χ2n) is 4.44. The second kappa shape index (κ2) is 5.31. The maximum Gasteiger partial charge on any atom is 0.451 e. The van der Waals surface area contributed by atoms with Gasteiger partial charge in [0.25, 0.3) is 0 Å². The van der Waals surface area contributed by atoms with Crippen molar-refractivity contribution in [2.75, 3.05) is 0 Å². The molecule has 0 bridgehead atoms. The quantitative estimate of drug-likeness (QED) is 0.676. The molecule has 0 aliphatic carbocycles. The summed E-state index contributed by atoms with van der Waals surface area (Å²) >= 11 is 0. The van der Waals surface area contributed by atoms with E-state index in [1.54, 1.807) is 24.3 Å². The summed E-state index contributed by atoms with van der Waals surface area (Å²) in [6, 6.07) is 14.1. The number of ketones is 1. The van der Waals surface area contributed by atoms with Crippen LogP contribution in [-0.2, 0) is 0 Å². The lowest BCUT2D eigenvalue weighted by molar-refractivity contribution is -0.318. The van der Waals surface area contributed by atoms with Crippen LogP contribution in [0.3, 0.4) is 0 Å². The molecule has 21 heavy (non-hydrogen) atoms. The van der Waals surface area contributed by atoms with Gasteiger partial charge in [0.1, 0.15) is 0 Å². The van der Waals surface area contributed by atoms with Crippen LogP contribution >= 0.6 is 0 Å². The highest BCUT2D eigenvalue weighted by atomic mass is 19.4. The van der Waals surface area contributed by atoms with Crippen LogP contribution in [0, 0.1) is 0 Å². The summed E-state index contributed by atoms with van der Waals surface area (Å²) in [7, 11) is 0. The van der Waals surface area contributed by atoms with Gasteiger partial charge in [0.2, 0.25) is 5.78 Å². The molecule has 6 heteroatoms. The van der Waals surface area contributed by atoms with E-state index in [4.69, 9.17) is 10.2 Å². The van der Waals surface area contributed by atoms with E-state index in [1.165, 1.54) is 12.1 Å². The van der Waals surface area contributed by atoms with Crippen molar-refractivity contribution in [3.8, 4) is 11.1 Å². The minimum atomic E-state index is -5.46. The van der Waals surface area contributed by atoms with E-state index in [9.17, 15) is 18.0 Å². The summed E-state index contributed by atoms with van der Waals surface area (Å²) in [5, 5.41) is 17.9. The Morgan fingerprint density at radius 3 is 1.76 bits per heavy atom. The first-order chi connectivity index (χ1) is 9.73. The standard InChI is InChI=1S/C15H11F3O3/c16-15(17,18)14(20,21)13(19)12-8-6-11(7-9-12)10-4-2-1-3-5-10/h1-9,20-21H. The Labute approximate surface area is 118 Å². The van der Waals surface area contributed by atoms with Crippen molar-refractivity contribution in [3.05, 3.63) is 60.2 Å². The Kier molecular flexibility index (Phi) is 3.85. The van der Waals surface area contributed by atoms with Crippen LogP contribution < -0.4 is 0 Å². The smallest absolute Gasteiger partial charge is 0.352 e. The van der Waals surface area contributed by atoms with Crippen LogP contribution in [0.5, 0.6) is 0 Å². The zero-order valence-corrected chi connectivity index (χ0v) is 10.6. The molecule has 0 aliphatic heterocycles. The average Bonchev–Trinajstić information content (AvgIpc) is 2.46. The second-order valence-corrected chi connectivity index (χ2v) is 4.44. The molecule has 0 saturated heterocycles. The Morgan fingerprint density at radius 2 is 1.29 bits per heavy atom. The Morgan fingerprint density at radius 1 is 0.810 bits per heavy atom. The summed E-state index contributed by atoms with van der Waals surface area (Å²) < 4.78 is 37.2. The van der Waals surface area contributed by atoms with Crippen molar-refractivity contribution >= 4 is 5.78 Å². The molecule has 2 aromatic carbocycles. The van der Waals surface area contributed by atoms with E-state index in [2.05, 4.69) is 0 Å². The van der Waals surface area contributed by atoms with Gasteiger partial charge in [0.15, 0.2) is 0 Å². The van der Waals surface area contributed by atoms with Crippen LogP contribution in [0.1, 0.15) is 10.4 Å². The largest absolute Gasteiger partial charge is 0.451 e. The predicted molar refractivity (Wildman–Crippen MR) is 69.4 cm³/mol. The summed E-state index contributed by atoms with van der Waals surface area (Å²) in [5.74, 6) is -6.20. The summed E-state index contributed by atoms with van der Waals surface area (Å²) in [6.07, 6.45) is -5.46. The summed E-state index contributed by atoms with van der Waals surface area (Å²) in [5.41, 5.74) is 1.09. The molecule has 0 heterocycles. The lowest BCUT2D eigenvalue weighted by atomic mass is 9.99. The van der Waals surface area contributed by atoms with Crippen molar-refractivity contribution in [3.63, 3.8) is 0 Å². The molecular formula is C15H11F3O3. The average molecular weight is 296 g/mol. The number of halogens is 3. The third-order valence-corrected chi connectivity index (χ3v) is 2.97. The number of alkyl halides is 3. The van der Waals surface area contributed by atoms with Gasteiger partial charge >= 0.3 is 12.0 Å². The summed E-state index contributed by atoms with van der Waals surface area (Å²) in [6.45, 7) is 0. The number of hydrogen-bond donors (Lipinski definition) is 2. The lowest BCUT2D eigenvalue weighted by Gasteiger charge is -2.22. The number of aliphatic hydroxyl groups is 2. The minimum Gasteiger partial charge on any atom is -0.352 e. The number of hydrogen-bond acceptors (Lipinski definition) is 3. The number of Topliss-reactive ketones (excluding diaryl/α,β-unsaturated/α-hetero) is 1. The van der Waals surface area contributed by atoms with Crippen molar-refractivity contribution < 1.29 is 28.2 Å². The SMILES string of the molecule is O=C(c1ccc(-c2ccccc2)cc1)C(O)(O)C(F)(F)F. The number of carbonyl (C=O) groups excluding carboxylic acids is 1. The Hall–Kier alpha value is -2.18. The number of carbonyl (C=O) groups is 1. The zero-order valence-electron chi connectivity index (χ0n) is 10.6. The van der Waals surface area contributed by atoms with Crippen molar-refractivity contribution in [2.24, 2.45) is 0 Å². The molecule has 0 unspecified atom stereocenters. The van der Waals surface area contributed by atoms with E-state index in [0.717, 1.165) is 17.7 Å². The third kappa shape index (κ3) is 2.96. The Bertz CT molecular complexity index is 631. The van der Waals surface area contributed by atoms with Crippen LogP contribution in [0.25, 0.3) is 11.1 Å². The first-order valence-corrected chi connectivity index (χ1v) is 5.95. The zero-order chi connectivity index (χ0) is 15.7. The van der Waals surface area contributed by atoms with Gasteiger partial charge in [-0.2, -0.15) is 13.2 Å². The van der Waals surface area contributed by atoms with Gasteiger partial charge in [-0.1, -0.05) is 54.6 Å². The van der Waals surface area contributed by atoms with Gasteiger partial charge in [-0.15, -0.1) is 0 Å². The van der Waals surface area contributed by atoms with Gasteiger partial charge in [0.05, 0.1) is 0 Å². The van der Waals surface area contributed by atoms with Gasteiger partial charge in [-0.3, -0.25) is 4.79 Å². The Balaban J connectivity index is 2.30. The fourth-order valence-electron chi connectivity index (χ4n) is 1.77. The van der Waals surface area contributed by atoms with E-state index < -0.39 is 23.3 Å². The first-order valence-electron chi connectivity index (χ1n) is 5.95. The third-order valence-electron chi connectivity index (χ3n) is 2.97. The lowest BCUT2D eigenvalue weighted by Crippen LogP contribution is -2.51. The number of benzene rings is 2. The molecule has 0 fully saturated rings. The molecule has 2 rings (SSSR count). The van der Waals surface area contributed by atoms with E-state index in [0.29, 0.717) is 5.56 Å². The fourth-order valence-corrected chi connectivity index (χ4v) is 1.77. The monoisotopic (exact) mass is 296 g/mol. The molecule has 0 atom stereocenters. The van der Waals surface area contributed by atoms with Crippen molar-refractivity contribution in [1.82, 2.24) is 0 Å². The highest BCUT2D eigenvalue weighted by molar-refractivity contribution is 6.02. The van der Waals surface area contributed by atoms with Gasteiger partial charge in [-0.05, 0) is 11.1 Å². The molecule has 110 valence electrons. The molecular weight excluding hydrogens is 285 g/mol. The molecule has 0 aliphatic rings. The highest BCUT2D eigenvalue weighted by Gasteiger charge is 2.58. The molecule has 3 nitrogen and oxygen atoms in total. The molecule has 0 amide bonds. The minimum absolute atomic E-state index is 0.433. The summed E-state index contributed by atoms with van der Waals surface area (Å²) in [4.78, 5) is 11.5. The highest BCUT2D eigenvalue weighted by Crippen LogP contribution is 2.31.